The minimum atomic E-state index is -0.420. The van der Waals surface area contributed by atoms with Crippen molar-refractivity contribution in [3.8, 4) is 0 Å². The summed E-state index contributed by atoms with van der Waals surface area (Å²) < 4.78 is 0. The second-order valence-corrected chi connectivity index (χ2v) is 5.44. The Morgan fingerprint density at radius 3 is 2.45 bits per heavy atom. The van der Waals surface area contributed by atoms with Gasteiger partial charge in [-0.15, -0.1) is 0 Å². The van der Waals surface area contributed by atoms with E-state index in [9.17, 15) is 4.79 Å². The van der Waals surface area contributed by atoms with Crippen LogP contribution in [-0.4, -0.2) is 5.91 Å². The van der Waals surface area contributed by atoms with Crippen LogP contribution in [0.2, 0.25) is 15.1 Å². The van der Waals surface area contributed by atoms with Gasteiger partial charge in [0.15, 0.2) is 0 Å². The SMILES string of the molecule is Cc1ccc(Cl)c(NC(=O)c2cc(N)ccc2Cl)c1Cl. The van der Waals surface area contributed by atoms with E-state index in [0.717, 1.165) is 5.56 Å². The maximum atomic E-state index is 12.2. The lowest BCUT2D eigenvalue weighted by molar-refractivity contribution is 0.102. The largest absolute Gasteiger partial charge is 0.399 e. The molecule has 3 nitrogen and oxygen atoms in total. The third kappa shape index (κ3) is 3.01. The van der Waals surface area contributed by atoms with Crippen LogP contribution in [0.1, 0.15) is 15.9 Å². The average molecular weight is 330 g/mol. The van der Waals surface area contributed by atoms with Crippen LogP contribution in [0.25, 0.3) is 0 Å². The lowest BCUT2D eigenvalue weighted by Gasteiger charge is -2.12. The first kappa shape index (κ1) is 15.0. The molecule has 0 heterocycles. The normalized spacial score (nSPS) is 10.4. The second kappa shape index (κ2) is 5.92. The van der Waals surface area contributed by atoms with Crippen LogP contribution in [0, 0.1) is 6.92 Å². The number of hydrogen-bond donors (Lipinski definition) is 2. The van der Waals surface area contributed by atoms with Crippen LogP contribution in [0.3, 0.4) is 0 Å². The molecule has 6 heteroatoms. The van der Waals surface area contributed by atoms with E-state index in [1.54, 1.807) is 24.3 Å². The molecule has 0 aliphatic heterocycles. The van der Waals surface area contributed by atoms with Crippen molar-refractivity contribution >= 4 is 52.1 Å². The van der Waals surface area contributed by atoms with Crippen molar-refractivity contribution in [2.75, 3.05) is 11.1 Å². The number of aryl methyl sites for hydroxylation is 1. The number of carbonyl (C=O) groups excluding carboxylic acids is 1. The molecule has 0 bridgehead atoms. The topological polar surface area (TPSA) is 55.1 Å². The first-order valence-corrected chi connectivity index (χ1v) is 6.84. The summed E-state index contributed by atoms with van der Waals surface area (Å²) in [5, 5.41) is 3.71. The standard InChI is InChI=1S/C14H11Cl3N2O/c1-7-2-4-11(16)13(12(7)17)19-14(20)9-6-8(18)3-5-10(9)15/h2-6H,18H2,1H3,(H,19,20). The molecule has 0 spiro atoms. The van der Waals surface area contributed by atoms with Gasteiger partial charge in [-0.1, -0.05) is 40.9 Å². The molecule has 0 aliphatic carbocycles. The third-order valence-electron chi connectivity index (χ3n) is 2.76. The zero-order valence-electron chi connectivity index (χ0n) is 10.5. The molecule has 0 unspecified atom stereocenters. The molecule has 0 saturated carbocycles. The molecule has 0 atom stereocenters. The summed E-state index contributed by atoms with van der Waals surface area (Å²) in [6.45, 7) is 1.82. The summed E-state index contributed by atoms with van der Waals surface area (Å²) in [7, 11) is 0. The lowest BCUT2D eigenvalue weighted by atomic mass is 10.1. The monoisotopic (exact) mass is 328 g/mol. The lowest BCUT2D eigenvalue weighted by Crippen LogP contribution is -2.13. The summed E-state index contributed by atoms with van der Waals surface area (Å²) in [6, 6.07) is 8.11. The van der Waals surface area contributed by atoms with E-state index in [2.05, 4.69) is 5.32 Å². The van der Waals surface area contributed by atoms with E-state index in [1.807, 2.05) is 6.92 Å². The highest BCUT2D eigenvalue weighted by Gasteiger charge is 2.15. The van der Waals surface area contributed by atoms with E-state index in [1.165, 1.54) is 6.07 Å². The number of amides is 1. The molecule has 20 heavy (non-hydrogen) atoms. The van der Waals surface area contributed by atoms with Gasteiger partial charge in [0, 0.05) is 5.69 Å². The zero-order valence-corrected chi connectivity index (χ0v) is 12.8. The Kier molecular flexibility index (Phi) is 4.43. The zero-order chi connectivity index (χ0) is 14.9. The minimum Gasteiger partial charge on any atom is -0.399 e. The molecule has 0 saturated heterocycles. The number of carbonyl (C=O) groups is 1. The number of nitrogen functional groups attached to an aromatic ring is 1. The summed E-state index contributed by atoms with van der Waals surface area (Å²) in [6.07, 6.45) is 0. The van der Waals surface area contributed by atoms with Crippen molar-refractivity contribution in [2.45, 2.75) is 6.92 Å². The fourth-order valence-corrected chi connectivity index (χ4v) is 2.34. The van der Waals surface area contributed by atoms with E-state index < -0.39 is 5.91 Å². The van der Waals surface area contributed by atoms with Gasteiger partial charge >= 0.3 is 0 Å². The van der Waals surface area contributed by atoms with Gasteiger partial charge in [-0.05, 0) is 36.8 Å². The number of anilines is 2. The molecular weight excluding hydrogens is 319 g/mol. The molecular formula is C14H11Cl3N2O. The van der Waals surface area contributed by atoms with Gasteiger partial charge in [-0.2, -0.15) is 0 Å². The summed E-state index contributed by atoms with van der Waals surface area (Å²) in [4.78, 5) is 12.2. The summed E-state index contributed by atoms with van der Waals surface area (Å²) >= 11 is 18.2. The van der Waals surface area contributed by atoms with Crippen LogP contribution in [0.4, 0.5) is 11.4 Å². The van der Waals surface area contributed by atoms with Crippen molar-refractivity contribution in [3.05, 3.63) is 56.5 Å². The highest BCUT2D eigenvalue weighted by molar-refractivity contribution is 6.41. The first-order chi connectivity index (χ1) is 9.40. The molecule has 0 aliphatic rings. The summed E-state index contributed by atoms with van der Waals surface area (Å²) in [5.74, 6) is -0.420. The van der Waals surface area contributed by atoms with Crippen LogP contribution < -0.4 is 11.1 Å². The maximum absolute atomic E-state index is 12.2. The molecule has 3 N–H and O–H groups in total. The second-order valence-electron chi connectivity index (χ2n) is 4.25. The Morgan fingerprint density at radius 1 is 1.10 bits per heavy atom. The van der Waals surface area contributed by atoms with Crippen LogP contribution >= 0.6 is 34.8 Å². The predicted molar refractivity (Wildman–Crippen MR) is 85.0 cm³/mol. The summed E-state index contributed by atoms with van der Waals surface area (Å²) in [5.41, 5.74) is 7.53. The molecule has 104 valence electrons. The Bertz CT molecular complexity index is 686. The van der Waals surface area contributed by atoms with Gasteiger partial charge in [0.1, 0.15) is 0 Å². The van der Waals surface area contributed by atoms with Gasteiger partial charge in [-0.3, -0.25) is 4.79 Å². The highest BCUT2D eigenvalue weighted by atomic mass is 35.5. The smallest absolute Gasteiger partial charge is 0.257 e. The average Bonchev–Trinajstić information content (AvgIpc) is 2.41. The van der Waals surface area contributed by atoms with E-state index in [4.69, 9.17) is 40.5 Å². The minimum absolute atomic E-state index is 0.264. The Balaban J connectivity index is 2.38. The molecule has 0 aromatic heterocycles. The Morgan fingerprint density at radius 2 is 1.75 bits per heavy atom. The Labute approximate surface area is 131 Å². The predicted octanol–water partition coefficient (Wildman–Crippen LogP) is 4.79. The van der Waals surface area contributed by atoms with Crippen molar-refractivity contribution < 1.29 is 4.79 Å². The molecule has 1 amide bonds. The van der Waals surface area contributed by atoms with Crippen molar-refractivity contribution in [1.82, 2.24) is 0 Å². The maximum Gasteiger partial charge on any atom is 0.257 e. The van der Waals surface area contributed by atoms with Crippen molar-refractivity contribution in [2.24, 2.45) is 0 Å². The number of nitrogens with one attached hydrogen (secondary N) is 1. The number of hydrogen-bond acceptors (Lipinski definition) is 2. The molecule has 2 aromatic carbocycles. The number of halogens is 3. The third-order valence-corrected chi connectivity index (χ3v) is 3.89. The van der Waals surface area contributed by atoms with E-state index >= 15 is 0 Å². The van der Waals surface area contributed by atoms with Crippen molar-refractivity contribution in [1.29, 1.82) is 0 Å². The fourth-order valence-electron chi connectivity index (χ4n) is 1.67. The molecule has 2 aromatic rings. The van der Waals surface area contributed by atoms with Crippen molar-refractivity contribution in [3.63, 3.8) is 0 Å². The van der Waals surface area contributed by atoms with Gasteiger partial charge in [0.25, 0.3) is 5.91 Å². The van der Waals surface area contributed by atoms with Gasteiger partial charge < -0.3 is 11.1 Å². The van der Waals surface area contributed by atoms with Gasteiger partial charge in [0.05, 0.1) is 26.3 Å². The number of rotatable bonds is 2. The Hall–Kier alpha value is -1.42. The van der Waals surface area contributed by atoms with Gasteiger partial charge in [-0.25, -0.2) is 0 Å². The number of benzene rings is 2. The van der Waals surface area contributed by atoms with E-state index in [-0.39, 0.29) is 5.56 Å². The van der Waals surface area contributed by atoms with Crippen LogP contribution in [-0.2, 0) is 0 Å². The first-order valence-electron chi connectivity index (χ1n) is 5.71. The molecule has 0 fully saturated rings. The highest BCUT2D eigenvalue weighted by Crippen LogP contribution is 2.33. The fraction of sp³-hybridized carbons (Fsp3) is 0.0714. The van der Waals surface area contributed by atoms with E-state index in [0.29, 0.717) is 26.4 Å². The molecule has 0 radical (unpaired) electrons. The van der Waals surface area contributed by atoms with Gasteiger partial charge in [0.2, 0.25) is 0 Å². The quantitative estimate of drug-likeness (QED) is 0.778. The number of nitrogens with two attached hydrogens (primary N) is 1. The molecule has 2 rings (SSSR count). The van der Waals surface area contributed by atoms with Crippen LogP contribution in [0.15, 0.2) is 30.3 Å². The van der Waals surface area contributed by atoms with Crippen LogP contribution in [0.5, 0.6) is 0 Å².